The highest BCUT2D eigenvalue weighted by molar-refractivity contribution is 7.92. The molecule has 7 nitrogen and oxygen atoms in total. The number of rotatable bonds is 5. The normalized spacial score (nSPS) is 15.4. The average molecular weight is 490 g/mol. The van der Waals surface area contributed by atoms with Crippen molar-refractivity contribution in [3.8, 4) is 0 Å². The van der Waals surface area contributed by atoms with E-state index in [1.165, 1.54) is 17.0 Å². The minimum atomic E-state index is -4.64. The molecule has 1 fully saturated rings. The highest BCUT2D eigenvalue weighted by atomic mass is 35.5. The number of amides is 2. The molecule has 0 spiro atoms. The van der Waals surface area contributed by atoms with Crippen molar-refractivity contribution in [3.63, 3.8) is 0 Å². The van der Waals surface area contributed by atoms with Crippen LogP contribution in [-0.4, -0.2) is 38.2 Å². The van der Waals surface area contributed by atoms with Crippen LogP contribution >= 0.6 is 11.6 Å². The molecule has 32 heavy (non-hydrogen) atoms. The average Bonchev–Trinajstić information content (AvgIpc) is 2.73. The number of hydrogen-bond acceptors (Lipinski definition) is 4. The molecule has 1 saturated heterocycles. The summed E-state index contributed by atoms with van der Waals surface area (Å²) in [6.07, 6.45) is -3.87. The quantitative estimate of drug-likeness (QED) is 0.669. The third kappa shape index (κ3) is 5.33. The number of sulfonamides is 1. The predicted molar refractivity (Wildman–Crippen MR) is 112 cm³/mol. The van der Waals surface area contributed by atoms with Crippen LogP contribution in [-0.2, 0) is 21.0 Å². The van der Waals surface area contributed by atoms with Gasteiger partial charge < -0.3 is 10.6 Å². The van der Waals surface area contributed by atoms with Gasteiger partial charge in [-0.2, -0.15) is 13.2 Å². The SMILES string of the molecule is NC(=O)C1CCN(C(=O)c2cc(S(=O)(=O)Nc3cccc(C(F)(F)F)c3)ccc2Cl)CC1. The zero-order valence-electron chi connectivity index (χ0n) is 16.5. The lowest BCUT2D eigenvalue weighted by Crippen LogP contribution is -2.41. The molecule has 1 aliphatic rings. The van der Waals surface area contributed by atoms with Crippen molar-refractivity contribution < 1.29 is 31.2 Å². The van der Waals surface area contributed by atoms with Gasteiger partial charge in [-0.05, 0) is 49.2 Å². The molecule has 3 rings (SSSR count). The molecule has 2 aromatic carbocycles. The van der Waals surface area contributed by atoms with Crippen molar-refractivity contribution in [2.45, 2.75) is 23.9 Å². The third-order valence-electron chi connectivity index (χ3n) is 5.11. The molecule has 1 heterocycles. The number of carbonyl (C=O) groups excluding carboxylic acids is 2. The van der Waals surface area contributed by atoms with Crippen LogP contribution in [0.4, 0.5) is 18.9 Å². The van der Waals surface area contributed by atoms with Gasteiger partial charge in [0.05, 0.1) is 21.0 Å². The Balaban J connectivity index is 1.83. The Morgan fingerprint density at radius 2 is 1.75 bits per heavy atom. The van der Waals surface area contributed by atoms with E-state index in [4.69, 9.17) is 17.3 Å². The van der Waals surface area contributed by atoms with Crippen molar-refractivity contribution in [2.24, 2.45) is 11.7 Å². The summed E-state index contributed by atoms with van der Waals surface area (Å²) in [5, 5.41) is 0.0186. The standard InChI is InChI=1S/C20H19ClF3N3O4S/c21-17-5-4-15(11-16(17)19(29)27-8-6-12(7-9-27)18(25)28)32(30,31)26-14-3-1-2-13(10-14)20(22,23)24/h1-5,10-12,26H,6-9H2,(H2,25,28). The topological polar surface area (TPSA) is 110 Å². The molecule has 0 atom stereocenters. The summed E-state index contributed by atoms with van der Waals surface area (Å²) < 4.78 is 66.2. The van der Waals surface area contributed by atoms with E-state index in [-0.39, 0.29) is 40.2 Å². The Hall–Kier alpha value is -2.79. The summed E-state index contributed by atoms with van der Waals surface area (Å²) in [6.45, 7) is 0.504. The number of halogens is 4. The Labute approximate surface area is 187 Å². The molecule has 0 unspecified atom stereocenters. The lowest BCUT2D eigenvalue weighted by Gasteiger charge is -2.30. The fourth-order valence-electron chi connectivity index (χ4n) is 3.35. The smallest absolute Gasteiger partial charge is 0.369 e. The van der Waals surface area contributed by atoms with Crippen LogP contribution in [0.2, 0.25) is 5.02 Å². The van der Waals surface area contributed by atoms with Gasteiger partial charge >= 0.3 is 6.18 Å². The van der Waals surface area contributed by atoms with E-state index in [2.05, 4.69) is 4.72 Å². The molecule has 172 valence electrons. The first-order chi connectivity index (χ1) is 14.9. The second-order valence-electron chi connectivity index (χ2n) is 7.29. The second kappa shape index (κ2) is 8.99. The van der Waals surface area contributed by atoms with Gasteiger partial charge in [-0.15, -0.1) is 0 Å². The molecule has 0 bridgehead atoms. The first-order valence-corrected chi connectivity index (χ1v) is 11.3. The number of alkyl halides is 3. The summed E-state index contributed by atoms with van der Waals surface area (Å²) >= 11 is 6.11. The summed E-state index contributed by atoms with van der Waals surface area (Å²) in [5.41, 5.74) is 3.92. The van der Waals surface area contributed by atoms with Gasteiger partial charge in [0, 0.05) is 24.7 Å². The van der Waals surface area contributed by atoms with Gasteiger partial charge in [0.15, 0.2) is 0 Å². The highest BCUT2D eigenvalue weighted by Gasteiger charge is 2.31. The van der Waals surface area contributed by atoms with Crippen molar-refractivity contribution in [3.05, 3.63) is 58.6 Å². The Kier molecular flexibility index (Phi) is 6.70. The fraction of sp³-hybridized carbons (Fsp3) is 0.300. The molecule has 0 aromatic heterocycles. The first-order valence-electron chi connectivity index (χ1n) is 9.47. The number of piperidine rings is 1. The number of nitrogens with one attached hydrogen (secondary N) is 1. The molecule has 2 aromatic rings. The van der Waals surface area contributed by atoms with Gasteiger partial charge in [0.2, 0.25) is 5.91 Å². The van der Waals surface area contributed by atoms with Gasteiger partial charge in [-0.1, -0.05) is 17.7 Å². The molecule has 2 amide bonds. The van der Waals surface area contributed by atoms with E-state index >= 15 is 0 Å². The number of hydrogen-bond donors (Lipinski definition) is 2. The summed E-state index contributed by atoms with van der Waals surface area (Å²) in [5.74, 6) is -1.30. The zero-order chi connectivity index (χ0) is 23.7. The summed E-state index contributed by atoms with van der Waals surface area (Å²) in [4.78, 5) is 25.3. The van der Waals surface area contributed by atoms with E-state index in [1.807, 2.05) is 0 Å². The number of benzene rings is 2. The largest absolute Gasteiger partial charge is 0.416 e. The Morgan fingerprint density at radius 3 is 2.34 bits per heavy atom. The van der Waals surface area contributed by atoms with Crippen LogP contribution in [0.1, 0.15) is 28.8 Å². The number of primary amides is 1. The third-order valence-corrected chi connectivity index (χ3v) is 6.81. The van der Waals surface area contributed by atoms with E-state index in [0.29, 0.717) is 18.9 Å². The molecule has 0 aliphatic carbocycles. The summed E-state index contributed by atoms with van der Waals surface area (Å²) in [7, 11) is -4.31. The Bertz CT molecular complexity index is 1150. The van der Waals surface area contributed by atoms with E-state index in [9.17, 15) is 31.2 Å². The minimum Gasteiger partial charge on any atom is -0.369 e. The van der Waals surface area contributed by atoms with E-state index in [1.54, 1.807) is 0 Å². The van der Waals surface area contributed by atoms with Crippen molar-refractivity contribution in [2.75, 3.05) is 17.8 Å². The van der Waals surface area contributed by atoms with E-state index < -0.39 is 33.6 Å². The molecule has 1 aliphatic heterocycles. The van der Waals surface area contributed by atoms with Crippen molar-refractivity contribution in [1.29, 1.82) is 0 Å². The lowest BCUT2D eigenvalue weighted by molar-refractivity contribution is -0.137. The van der Waals surface area contributed by atoms with Crippen molar-refractivity contribution >= 4 is 39.1 Å². The molecule has 3 N–H and O–H groups in total. The molecular weight excluding hydrogens is 471 g/mol. The van der Waals surface area contributed by atoms with Crippen LogP contribution < -0.4 is 10.5 Å². The molecule has 12 heteroatoms. The highest BCUT2D eigenvalue weighted by Crippen LogP contribution is 2.31. The van der Waals surface area contributed by atoms with Crippen LogP contribution in [0.15, 0.2) is 47.4 Å². The molecule has 0 saturated carbocycles. The molecule has 0 radical (unpaired) electrons. The van der Waals surface area contributed by atoms with Crippen LogP contribution in [0.3, 0.4) is 0 Å². The maximum atomic E-state index is 12.9. The first kappa shape index (κ1) is 23.9. The minimum absolute atomic E-state index is 0.0186. The van der Waals surface area contributed by atoms with Gasteiger partial charge in [-0.25, -0.2) is 8.42 Å². The number of nitrogens with two attached hydrogens (primary N) is 1. The number of nitrogens with zero attached hydrogens (tertiary/aromatic N) is 1. The van der Waals surface area contributed by atoms with Crippen LogP contribution in [0.5, 0.6) is 0 Å². The van der Waals surface area contributed by atoms with Crippen molar-refractivity contribution in [1.82, 2.24) is 4.90 Å². The second-order valence-corrected chi connectivity index (χ2v) is 9.38. The Morgan fingerprint density at radius 1 is 1.09 bits per heavy atom. The predicted octanol–water partition coefficient (Wildman–Crippen LogP) is 3.50. The summed E-state index contributed by atoms with van der Waals surface area (Å²) in [6, 6.07) is 7.19. The van der Waals surface area contributed by atoms with Crippen LogP contribution in [0, 0.1) is 5.92 Å². The fourth-order valence-corrected chi connectivity index (χ4v) is 4.62. The zero-order valence-corrected chi connectivity index (χ0v) is 18.1. The number of likely N-dealkylation sites (tertiary alicyclic amines) is 1. The monoisotopic (exact) mass is 489 g/mol. The van der Waals surface area contributed by atoms with Gasteiger partial charge in [0.25, 0.3) is 15.9 Å². The van der Waals surface area contributed by atoms with Gasteiger partial charge in [0.1, 0.15) is 0 Å². The van der Waals surface area contributed by atoms with Crippen LogP contribution in [0.25, 0.3) is 0 Å². The number of carbonyl (C=O) groups is 2. The number of anilines is 1. The van der Waals surface area contributed by atoms with E-state index in [0.717, 1.165) is 24.3 Å². The lowest BCUT2D eigenvalue weighted by atomic mass is 9.96. The molecular formula is C20H19ClF3N3O4S. The maximum absolute atomic E-state index is 12.9. The van der Waals surface area contributed by atoms with Gasteiger partial charge in [-0.3, -0.25) is 14.3 Å². The maximum Gasteiger partial charge on any atom is 0.416 e.